The van der Waals surface area contributed by atoms with E-state index < -0.39 is 0 Å². The molecule has 0 fully saturated rings. The first-order valence-corrected chi connectivity index (χ1v) is 5.86. The van der Waals surface area contributed by atoms with E-state index in [-0.39, 0.29) is 12.4 Å². The molecule has 0 radical (unpaired) electrons. The highest BCUT2D eigenvalue weighted by atomic mass is 16.5. The number of ether oxygens (including phenoxy) is 2. The maximum Gasteiger partial charge on any atom is 0.309 e. The van der Waals surface area contributed by atoms with E-state index in [2.05, 4.69) is 0 Å². The van der Waals surface area contributed by atoms with Crippen LogP contribution in [0.5, 0.6) is 5.75 Å². The number of carbonyl (C=O) groups excluding carboxylic acids is 1. The highest BCUT2D eigenvalue weighted by molar-refractivity contribution is 5.69. The third kappa shape index (κ3) is 6.10. The molecule has 0 aromatic heterocycles. The first kappa shape index (κ1) is 14.3. The maximum atomic E-state index is 11.3. The van der Waals surface area contributed by atoms with Crippen LogP contribution in [-0.2, 0) is 9.53 Å². The minimum Gasteiger partial charge on any atom is -0.493 e. The van der Waals surface area contributed by atoms with Gasteiger partial charge in [0.15, 0.2) is 0 Å². The van der Waals surface area contributed by atoms with Gasteiger partial charge < -0.3 is 20.1 Å². The Hall–Kier alpha value is -1.75. The summed E-state index contributed by atoms with van der Waals surface area (Å²) in [6.45, 7) is 1.43. The van der Waals surface area contributed by atoms with Crippen LogP contribution in [0.4, 0.5) is 5.69 Å². The fraction of sp³-hybridized carbons (Fsp3) is 0.462. The topological polar surface area (TPSA) is 64.8 Å². The highest BCUT2D eigenvalue weighted by Gasteiger charge is 2.03. The number of carbonyl (C=O) groups is 1. The van der Waals surface area contributed by atoms with Gasteiger partial charge in [-0.25, -0.2) is 0 Å². The van der Waals surface area contributed by atoms with Crippen molar-refractivity contribution in [2.45, 2.75) is 6.42 Å². The lowest BCUT2D eigenvalue weighted by Gasteiger charge is -2.10. The Kier molecular flexibility index (Phi) is 6.00. The molecule has 0 atom stereocenters. The molecule has 0 unspecified atom stereocenters. The van der Waals surface area contributed by atoms with Gasteiger partial charge in [0.2, 0.25) is 0 Å². The molecule has 5 heteroatoms. The van der Waals surface area contributed by atoms with E-state index in [1.165, 1.54) is 0 Å². The van der Waals surface area contributed by atoms with Gasteiger partial charge in [-0.2, -0.15) is 0 Å². The number of benzene rings is 1. The van der Waals surface area contributed by atoms with Crippen molar-refractivity contribution in [3.63, 3.8) is 0 Å². The number of anilines is 1. The van der Waals surface area contributed by atoms with Crippen molar-refractivity contribution in [1.82, 2.24) is 4.90 Å². The number of nitrogens with zero attached hydrogens (tertiary/aromatic N) is 1. The minimum atomic E-state index is -0.249. The minimum absolute atomic E-state index is 0.238. The van der Waals surface area contributed by atoms with E-state index in [0.717, 1.165) is 6.54 Å². The van der Waals surface area contributed by atoms with Crippen molar-refractivity contribution in [2.75, 3.05) is 39.6 Å². The zero-order valence-corrected chi connectivity index (χ0v) is 10.9. The summed E-state index contributed by atoms with van der Waals surface area (Å²) in [5, 5.41) is 0. The average molecular weight is 252 g/mol. The van der Waals surface area contributed by atoms with Crippen molar-refractivity contribution in [2.24, 2.45) is 0 Å². The van der Waals surface area contributed by atoms with E-state index in [1.807, 2.05) is 19.0 Å². The number of esters is 1. The van der Waals surface area contributed by atoms with Crippen molar-refractivity contribution < 1.29 is 14.3 Å². The van der Waals surface area contributed by atoms with Crippen molar-refractivity contribution in [3.05, 3.63) is 24.3 Å². The van der Waals surface area contributed by atoms with Crippen LogP contribution < -0.4 is 10.5 Å². The van der Waals surface area contributed by atoms with Gasteiger partial charge in [-0.3, -0.25) is 4.79 Å². The van der Waals surface area contributed by atoms with Crippen LogP contribution in [0.2, 0.25) is 0 Å². The second-order valence-corrected chi connectivity index (χ2v) is 4.19. The molecular weight excluding hydrogens is 232 g/mol. The molecule has 0 aliphatic rings. The molecule has 0 saturated heterocycles. The van der Waals surface area contributed by atoms with Crippen molar-refractivity contribution in [1.29, 1.82) is 0 Å². The third-order valence-corrected chi connectivity index (χ3v) is 2.23. The molecule has 5 nitrogen and oxygen atoms in total. The van der Waals surface area contributed by atoms with Crippen molar-refractivity contribution in [3.8, 4) is 5.75 Å². The Morgan fingerprint density at radius 3 is 2.78 bits per heavy atom. The fourth-order valence-corrected chi connectivity index (χ4v) is 1.27. The van der Waals surface area contributed by atoms with Gasteiger partial charge in [0.25, 0.3) is 0 Å². The first-order valence-electron chi connectivity index (χ1n) is 5.86. The lowest BCUT2D eigenvalue weighted by atomic mass is 10.3. The molecule has 0 spiro atoms. The molecule has 1 rings (SSSR count). The predicted octanol–water partition coefficient (Wildman–Crippen LogP) is 1.14. The lowest BCUT2D eigenvalue weighted by molar-refractivity contribution is -0.144. The van der Waals surface area contributed by atoms with Crippen LogP contribution in [0.1, 0.15) is 6.42 Å². The molecule has 0 heterocycles. The van der Waals surface area contributed by atoms with Gasteiger partial charge in [0.1, 0.15) is 12.4 Å². The van der Waals surface area contributed by atoms with Crippen LogP contribution in [0.25, 0.3) is 0 Å². The van der Waals surface area contributed by atoms with Crippen LogP contribution in [0.3, 0.4) is 0 Å². The normalized spacial score (nSPS) is 10.4. The molecule has 1 aromatic rings. The summed E-state index contributed by atoms with van der Waals surface area (Å²) in [6, 6.07) is 7.10. The van der Waals surface area contributed by atoms with E-state index in [0.29, 0.717) is 24.7 Å². The van der Waals surface area contributed by atoms with Gasteiger partial charge in [0.05, 0.1) is 13.0 Å². The molecule has 0 aliphatic heterocycles. The Morgan fingerprint density at radius 2 is 2.11 bits per heavy atom. The summed E-state index contributed by atoms with van der Waals surface area (Å²) in [4.78, 5) is 13.3. The maximum absolute atomic E-state index is 11.3. The Bertz CT molecular complexity index is 380. The molecule has 2 N–H and O–H groups in total. The summed E-state index contributed by atoms with van der Waals surface area (Å²) in [5.41, 5.74) is 6.25. The molecule has 0 bridgehead atoms. The van der Waals surface area contributed by atoms with Crippen molar-refractivity contribution >= 4 is 11.7 Å². The second kappa shape index (κ2) is 7.55. The summed E-state index contributed by atoms with van der Waals surface area (Å²) < 4.78 is 10.4. The van der Waals surface area contributed by atoms with Gasteiger partial charge in [-0.1, -0.05) is 6.07 Å². The Labute approximate surface area is 107 Å². The first-order chi connectivity index (χ1) is 8.58. The third-order valence-electron chi connectivity index (χ3n) is 2.23. The second-order valence-electron chi connectivity index (χ2n) is 4.19. The molecule has 0 saturated carbocycles. The van der Waals surface area contributed by atoms with Gasteiger partial charge >= 0.3 is 5.97 Å². The predicted molar refractivity (Wildman–Crippen MR) is 70.5 cm³/mol. The standard InChI is InChI=1S/C13H20N2O3/c1-15(2)7-9-18-13(16)6-8-17-12-5-3-4-11(14)10-12/h3-5,10H,6-9,14H2,1-2H3. The van der Waals surface area contributed by atoms with Crippen LogP contribution >= 0.6 is 0 Å². The van der Waals surface area contributed by atoms with Crippen LogP contribution in [0, 0.1) is 0 Å². The Morgan fingerprint density at radius 1 is 1.33 bits per heavy atom. The van der Waals surface area contributed by atoms with Crippen LogP contribution in [0.15, 0.2) is 24.3 Å². The lowest BCUT2D eigenvalue weighted by Crippen LogP contribution is -2.20. The van der Waals surface area contributed by atoms with E-state index in [9.17, 15) is 4.79 Å². The number of likely N-dealkylation sites (N-methyl/N-ethyl adjacent to an activating group) is 1. The monoisotopic (exact) mass is 252 g/mol. The number of nitrogens with two attached hydrogens (primary N) is 1. The number of rotatable bonds is 7. The zero-order valence-electron chi connectivity index (χ0n) is 10.9. The largest absolute Gasteiger partial charge is 0.493 e. The van der Waals surface area contributed by atoms with E-state index >= 15 is 0 Å². The number of hydrogen-bond acceptors (Lipinski definition) is 5. The van der Waals surface area contributed by atoms with Crippen LogP contribution in [-0.4, -0.2) is 44.7 Å². The molecule has 100 valence electrons. The molecule has 18 heavy (non-hydrogen) atoms. The highest BCUT2D eigenvalue weighted by Crippen LogP contribution is 2.14. The number of nitrogen functional groups attached to an aromatic ring is 1. The molecular formula is C13H20N2O3. The van der Waals surface area contributed by atoms with Gasteiger partial charge in [-0.05, 0) is 26.2 Å². The SMILES string of the molecule is CN(C)CCOC(=O)CCOc1cccc(N)c1. The smallest absolute Gasteiger partial charge is 0.309 e. The van der Waals surface area contributed by atoms with E-state index in [4.69, 9.17) is 15.2 Å². The zero-order chi connectivity index (χ0) is 13.4. The van der Waals surface area contributed by atoms with Gasteiger partial charge in [0, 0.05) is 18.3 Å². The fourth-order valence-electron chi connectivity index (χ4n) is 1.27. The molecule has 0 amide bonds. The Balaban J connectivity index is 2.15. The summed E-state index contributed by atoms with van der Waals surface area (Å²) in [6.07, 6.45) is 0.238. The molecule has 1 aromatic carbocycles. The molecule has 0 aliphatic carbocycles. The summed E-state index contributed by atoms with van der Waals surface area (Å²) in [7, 11) is 3.85. The summed E-state index contributed by atoms with van der Waals surface area (Å²) in [5.74, 6) is 0.414. The summed E-state index contributed by atoms with van der Waals surface area (Å²) >= 11 is 0. The van der Waals surface area contributed by atoms with E-state index in [1.54, 1.807) is 24.3 Å². The quantitative estimate of drug-likeness (QED) is 0.582. The van der Waals surface area contributed by atoms with Gasteiger partial charge in [-0.15, -0.1) is 0 Å². The number of hydrogen-bond donors (Lipinski definition) is 1. The average Bonchev–Trinajstić information content (AvgIpc) is 2.28.